The summed E-state index contributed by atoms with van der Waals surface area (Å²) in [6.45, 7) is 4.73. The molecule has 0 radical (unpaired) electrons. The van der Waals surface area contributed by atoms with E-state index in [4.69, 9.17) is 0 Å². The molecular formula is C23H29NO2S. The van der Waals surface area contributed by atoms with E-state index in [1.165, 1.54) is 12.0 Å². The third kappa shape index (κ3) is 3.34. The lowest BCUT2D eigenvalue weighted by molar-refractivity contribution is 0.111. The average molecular weight is 384 g/mol. The molecule has 2 aromatic carbocycles. The van der Waals surface area contributed by atoms with Crippen molar-refractivity contribution in [2.75, 3.05) is 0 Å². The highest BCUT2D eigenvalue weighted by atomic mass is 32.2. The average Bonchev–Trinajstić information content (AvgIpc) is 2.78. The van der Waals surface area contributed by atoms with Crippen molar-refractivity contribution >= 4 is 10.0 Å². The summed E-state index contributed by atoms with van der Waals surface area (Å²) < 4.78 is 29.4. The summed E-state index contributed by atoms with van der Waals surface area (Å²) in [4.78, 5) is 0.421. The van der Waals surface area contributed by atoms with Crippen LogP contribution in [0.25, 0.3) is 0 Å². The molecule has 2 aliphatic rings. The summed E-state index contributed by atoms with van der Waals surface area (Å²) in [5.74, 6) is 0.373. The van der Waals surface area contributed by atoms with Crippen molar-refractivity contribution in [3.8, 4) is 0 Å². The molecule has 1 aliphatic carbocycles. The molecule has 1 aliphatic heterocycles. The minimum atomic E-state index is -3.54. The zero-order valence-corrected chi connectivity index (χ0v) is 17.1. The lowest BCUT2D eigenvalue weighted by Crippen LogP contribution is -2.52. The quantitative estimate of drug-likeness (QED) is 0.697. The van der Waals surface area contributed by atoms with Crippen LogP contribution in [0.3, 0.4) is 0 Å². The van der Waals surface area contributed by atoms with E-state index in [1.54, 1.807) is 12.1 Å². The monoisotopic (exact) mass is 383 g/mol. The van der Waals surface area contributed by atoms with Crippen molar-refractivity contribution < 1.29 is 8.42 Å². The molecule has 27 heavy (non-hydrogen) atoms. The molecule has 1 fully saturated rings. The number of hydrogen-bond acceptors (Lipinski definition) is 2. The van der Waals surface area contributed by atoms with Gasteiger partial charge in [-0.2, -0.15) is 4.31 Å². The van der Waals surface area contributed by atoms with E-state index < -0.39 is 10.0 Å². The number of hydrogen-bond donors (Lipinski definition) is 0. The number of fused-ring (bicyclic) bond motifs is 1. The van der Waals surface area contributed by atoms with Gasteiger partial charge >= 0.3 is 0 Å². The summed E-state index contributed by atoms with van der Waals surface area (Å²) in [5, 5.41) is 0. The Morgan fingerprint density at radius 3 is 2.33 bits per heavy atom. The Kier molecular flexibility index (Phi) is 4.89. The molecule has 0 unspecified atom stereocenters. The smallest absolute Gasteiger partial charge is 0.207 e. The summed E-state index contributed by atoms with van der Waals surface area (Å²) in [6, 6.07) is 15.7. The van der Waals surface area contributed by atoms with Crippen LogP contribution in [0, 0.1) is 6.92 Å². The zero-order chi connectivity index (χ0) is 19.1. The van der Waals surface area contributed by atoms with Crippen LogP contribution in [-0.2, 0) is 16.6 Å². The molecule has 1 atom stereocenters. The van der Waals surface area contributed by atoms with E-state index >= 15 is 0 Å². The maximum absolute atomic E-state index is 13.8. The summed E-state index contributed by atoms with van der Waals surface area (Å²) >= 11 is 0. The SMILES string of the molecule is Cc1ccc(S(=O)(=O)N2Cc3ccccc3[C@@H](C)CC23CCCCC3)cc1. The first-order valence-corrected chi connectivity index (χ1v) is 11.5. The zero-order valence-electron chi connectivity index (χ0n) is 16.3. The van der Waals surface area contributed by atoms with Crippen molar-refractivity contribution in [2.45, 2.75) is 75.3 Å². The minimum Gasteiger partial charge on any atom is -0.207 e. The second kappa shape index (κ2) is 7.06. The first-order chi connectivity index (χ1) is 12.9. The molecule has 0 saturated heterocycles. The molecule has 1 saturated carbocycles. The Morgan fingerprint density at radius 1 is 0.963 bits per heavy atom. The van der Waals surface area contributed by atoms with Crippen LogP contribution >= 0.6 is 0 Å². The predicted molar refractivity (Wildman–Crippen MR) is 109 cm³/mol. The van der Waals surface area contributed by atoms with Crippen molar-refractivity contribution in [3.05, 3.63) is 65.2 Å². The van der Waals surface area contributed by atoms with Crippen molar-refractivity contribution in [1.82, 2.24) is 4.31 Å². The third-order valence-electron chi connectivity index (χ3n) is 6.51. The van der Waals surface area contributed by atoms with E-state index in [1.807, 2.05) is 29.4 Å². The van der Waals surface area contributed by atoms with E-state index in [0.29, 0.717) is 17.4 Å². The molecule has 2 aromatic rings. The molecule has 1 spiro atoms. The standard InChI is InChI=1S/C23H29NO2S/c1-18-10-12-21(13-11-18)27(25,26)24-17-20-8-4-5-9-22(20)19(2)16-23(24)14-6-3-7-15-23/h4-5,8-13,19H,3,6-7,14-17H2,1-2H3/t19-/m0/s1. The Bertz CT molecular complexity index is 912. The van der Waals surface area contributed by atoms with Crippen molar-refractivity contribution in [1.29, 1.82) is 0 Å². The molecule has 0 bridgehead atoms. The van der Waals surface area contributed by atoms with Gasteiger partial charge < -0.3 is 0 Å². The lowest BCUT2D eigenvalue weighted by Gasteiger charge is -2.45. The van der Waals surface area contributed by atoms with Gasteiger partial charge in [0.1, 0.15) is 0 Å². The van der Waals surface area contributed by atoms with Gasteiger partial charge in [0.2, 0.25) is 10.0 Å². The Hall–Kier alpha value is -1.65. The maximum Gasteiger partial charge on any atom is 0.243 e. The summed E-state index contributed by atoms with van der Waals surface area (Å²) in [6.07, 6.45) is 6.29. The first-order valence-electron chi connectivity index (χ1n) is 10.1. The number of aryl methyl sites for hydroxylation is 1. The normalized spacial score (nSPS) is 23.0. The fourth-order valence-corrected chi connectivity index (χ4v) is 6.91. The largest absolute Gasteiger partial charge is 0.243 e. The molecule has 0 aromatic heterocycles. The fourth-order valence-electron chi connectivity index (χ4n) is 5.10. The van der Waals surface area contributed by atoms with E-state index in [0.717, 1.165) is 43.2 Å². The topological polar surface area (TPSA) is 37.4 Å². The second-order valence-corrected chi connectivity index (χ2v) is 10.3. The van der Waals surface area contributed by atoms with E-state index in [9.17, 15) is 8.42 Å². The maximum atomic E-state index is 13.8. The highest BCUT2D eigenvalue weighted by Crippen LogP contribution is 2.47. The molecule has 0 N–H and O–H groups in total. The van der Waals surface area contributed by atoms with Gasteiger partial charge in [0.15, 0.2) is 0 Å². The van der Waals surface area contributed by atoms with Crippen LogP contribution in [0.1, 0.15) is 68.1 Å². The minimum absolute atomic E-state index is 0.263. The Morgan fingerprint density at radius 2 is 1.63 bits per heavy atom. The van der Waals surface area contributed by atoms with Gasteiger partial charge in [0, 0.05) is 12.1 Å². The number of sulfonamides is 1. The Labute approximate surface area is 163 Å². The third-order valence-corrected chi connectivity index (χ3v) is 8.47. The van der Waals surface area contributed by atoms with Gasteiger partial charge in [-0.05, 0) is 55.4 Å². The first kappa shape index (κ1) is 18.7. The van der Waals surface area contributed by atoms with Crippen LogP contribution in [0.15, 0.2) is 53.4 Å². The molecular weight excluding hydrogens is 354 g/mol. The van der Waals surface area contributed by atoms with Crippen LogP contribution < -0.4 is 0 Å². The molecule has 144 valence electrons. The van der Waals surface area contributed by atoms with Crippen LogP contribution in [0.5, 0.6) is 0 Å². The number of rotatable bonds is 2. The van der Waals surface area contributed by atoms with Crippen LogP contribution in [-0.4, -0.2) is 18.3 Å². The number of benzene rings is 2. The van der Waals surface area contributed by atoms with Crippen LogP contribution in [0.4, 0.5) is 0 Å². The second-order valence-electron chi connectivity index (χ2n) is 8.41. The van der Waals surface area contributed by atoms with E-state index in [2.05, 4.69) is 25.1 Å². The van der Waals surface area contributed by atoms with Gasteiger partial charge in [-0.25, -0.2) is 8.42 Å². The summed E-state index contributed by atoms with van der Waals surface area (Å²) in [7, 11) is -3.54. The fraction of sp³-hybridized carbons (Fsp3) is 0.478. The van der Waals surface area contributed by atoms with Gasteiger partial charge in [-0.1, -0.05) is 68.1 Å². The van der Waals surface area contributed by atoms with Gasteiger partial charge in [-0.15, -0.1) is 0 Å². The molecule has 0 amide bonds. The van der Waals surface area contributed by atoms with Gasteiger partial charge in [0.25, 0.3) is 0 Å². The number of nitrogens with zero attached hydrogens (tertiary/aromatic N) is 1. The van der Waals surface area contributed by atoms with Crippen molar-refractivity contribution in [3.63, 3.8) is 0 Å². The van der Waals surface area contributed by atoms with Gasteiger partial charge in [-0.3, -0.25) is 0 Å². The lowest BCUT2D eigenvalue weighted by atomic mass is 9.75. The van der Waals surface area contributed by atoms with Crippen LogP contribution in [0.2, 0.25) is 0 Å². The molecule has 1 heterocycles. The summed E-state index contributed by atoms with van der Waals surface area (Å²) in [5.41, 5.74) is 3.28. The van der Waals surface area contributed by atoms with E-state index in [-0.39, 0.29) is 5.54 Å². The molecule has 3 nitrogen and oxygen atoms in total. The van der Waals surface area contributed by atoms with Gasteiger partial charge in [0.05, 0.1) is 4.90 Å². The highest BCUT2D eigenvalue weighted by Gasteiger charge is 2.47. The molecule has 4 rings (SSSR count). The molecule has 4 heteroatoms. The van der Waals surface area contributed by atoms with Crippen molar-refractivity contribution in [2.24, 2.45) is 0 Å². The Balaban J connectivity index is 1.84. The predicted octanol–water partition coefficient (Wildman–Crippen LogP) is 5.40. The highest BCUT2D eigenvalue weighted by molar-refractivity contribution is 7.89.